The molecule has 0 saturated heterocycles. The van der Waals surface area contributed by atoms with Crippen LogP contribution in [0.15, 0.2) is 0 Å². The van der Waals surface area contributed by atoms with Gasteiger partial charge < -0.3 is 10.5 Å². The highest BCUT2D eigenvalue weighted by molar-refractivity contribution is 5.69. The van der Waals surface area contributed by atoms with Crippen LogP contribution in [0.3, 0.4) is 0 Å². The van der Waals surface area contributed by atoms with Crippen molar-refractivity contribution in [3.8, 4) is 0 Å². The van der Waals surface area contributed by atoms with Gasteiger partial charge in [0.2, 0.25) is 0 Å². The first kappa shape index (κ1) is 15.5. The lowest BCUT2D eigenvalue weighted by atomic mass is 9.85. The Bertz CT molecular complexity index is 243. The molecular formula is C15H29NO2. The lowest BCUT2D eigenvalue weighted by Crippen LogP contribution is -2.25. The van der Waals surface area contributed by atoms with Gasteiger partial charge in [-0.25, -0.2) is 0 Å². The van der Waals surface area contributed by atoms with E-state index in [0.717, 1.165) is 31.6 Å². The maximum atomic E-state index is 11.8. The van der Waals surface area contributed by atoms with Crippen molar-refractivity contribution in [2.75, 3.05) is 6.54 Å². The van der Waals surface area contributed by atoms with E-state index in [2.05, 4.69) is 13.8 Å². The largest absolute Gasteiger partial charge is 0.462 e. The van der Waals surface area contributed by atoms with Crippen LogP contribution in [0.5, 0.6) is 0 Å². The van der Waals surface area contributed by atoms with E-state index in [0.29, 0.717) is 18.9 Å². The quantitative estimate of drug-likeness (QED) is 0.710. The molecule has 0 aromatic heterocycles. The van der Waals surface area contributed by atoms with Crippen molar-refractivity contribution in [2.24, 2.45) is 17.6 Å². The molecular weight excluding hydrogens is 226 g/mol. The molecule has 0 spiro atoms. The van der Waals surface area contributed by atoms with Crippen LogP contribution in [0.25, 0.3) is 0 Å². The number of ether oxygens (including phenoxy) is 1. The maximum absolute atomic E-state index is 11.8. The van der Waals surface area contributed by atoms with Gasteiger partial charge in [0.15, 0.2) is 0 Å². The first-order chi connectivity index (χ1) is 8.65. The highest BCUT2D eigenvalue weighted by Gasteiger charge is 2.23. The monoisotopic (exact) mass is 255 g/mol. The van der Waals surface area contributed by atoms with Gasteiger partial charge in [-0.05, 0) is 50.5 Å². The summed E-state index contributed by atoms with van der Waals surface area (Å²) in [5.41, 5.74) is 5.50. The molecule has 0 aromatic carbocycles. The number of hydrogen-bond donors (Lipinski definition) is 1. The van der Waals surface area contributed by atoms with E-state index < -0.39 is 0 Å². The Morgan fingerprint density at radius 3 is 2.83 bits per heavy atom. The SMILES string of the molecule is CCC1CCCC(OC(=O)CCC(C)CCN)C1. The van der Waals surface area contributed by atoms with Crippen molar-refractivity contribution in [1.82, 2.24) is 0 Å². The van der Waals surface area contributed by atoms with Crippen molar-refractivity contribution < 1.29 is 9.53 Å². The molecule has 1 aliphatic carbocycles. The second-order valence-corrected chi connectivity index (χ2v) is 5.77. The van der Waals surface area contributed by atoms with E-state index >= 15 is 0 Å². The van der Waals surface area contributed by atoms with Crippen LogP contribution in [0.1, 0.15) is 65.2 Å². The summed E-state index contributed by atoms with van der Waals surface area (Å²) < 4.78 is 5.58. The fourth-order valence-electron chi connectivity index (χ4n) is 2.76. The number of rotatable bonds is 7. The Hall–Kier alpha value is -0.570. The third kappa shape index (κ3) is 5.85. The van der Waals surface area contributed by atoms with E-state index in [1.807, 2.05) is 0 Å². The normalized spacial score (nSPS) is 25.7. The van der Waals surface area contributed by atoms with Gasteiger partial charge in [-0.1, -0.05) is 26.7 Å². The molecule has 0 aromatic rings. The molecule has 1 fully saturated rings. The third-order valence-corrected chi connectivity index (χ3v) is 4.11. The lowest BCUT2D eigenvalue weighted by Gasteiger charge is -2.28. The highest BCUT2D eigenvalue weighted by atomic mass is 16.5. The van der Waals surface area contributed by atoms with Crippen LogP contribution in [-0.4, -0.2) is 18.6 Å². The molecule has 18 heavy (non-hydrogen) atoms. The minimum atomic E-state index is -0.0133. The molecule has 0 aliphatic heterocycles. The van der Waals surface area contributed by atoms with Gasteiger partial charge >= 0.3 is 5.97 Å². The van der Waals surface area contributed by atoms with Gasteiger partial charge in [-0.3, -0.25) is 4.79 Å². The van der Waals surface area contributed by atoms with E-state index in [4.69, 9.17) is 10.5 Å². The number of nitrogens with two attached hydrogens (primary N) is 1. The first-order valence-corrected chi connectivity index (χ1v) is 7.55. The number of carbonyl (C=O) groups is 1. The fourth-order valence-corrected chi connectivity index (χ4v) is 2.76. The molecule has 3 nitrogen and oxygen atoms in total. The van der Waals surface area contributed by atoms with Crippen LogP contribution in [-0.2, 0) is 9.53 Å². The summed E-state index contributed by atoms with van der Waals surface area (Å²) in [4.78, 5) is 11.8. The Labute approximate surface area is 111 Å². The Kier molecular flexibility index (Phi) is 7.33. The van der Waals surface area contributed by atoms with Crippen molar-refractivity contribution in [1.29, 1.82) is 0 Å². The van der Waals surface area contributed by atoms with E-state index in [1.165, 1.54) is 19.3 Å². The topological polar surface area (TPSA) is 52.3 Å². The zero-order chi connectivity index (χ0) is 13.4. The number of hydrogen-bond acceptors (Lipinski definition) is 3. The zero-order valence-corrected chi connectivity index (χ0v) is 12.0. The molecule has 1 aliphatic rings. The first-order valence-electron chi connectivity index (χ1n) is 7.55. The van der Waals surface area contributed by atoms with Crippen LogP contribution in [0.2, 0.25) is 0 Å². The van der Waals surface area contributed by atoms with Crippen molar-refractivity contribution in [2.45, 2.75) is 71.3 Å². The average Bonchev–Trinajstić information content (AvgIpc) is 2.37. The summed E-state index contributed by atoms with van der Waals surface area (Å²) in [6.07, 6.45) is 8.48. The molecule has 0 radical (unpaired) electrons. The minimum absolute atomic E-state index is 0.0133. The Balaban J connectivity index is 2.19. The maximum Gasteiger partial charge on any atom is 0.306 e. The van der Waals surface area contributed by atoms with Crippen LogP contribution < -0.4 is 5.73 Å². The molecule has 1 saturated carbocycles. The molecule has 0 heterocycles. The summed E-state index contributed by atoms with van der Waals surface area (Å²) in [6, 6.07) is 0. The molecule has 0 bridgehead atoms. The van der Waals surface area contributed by atoms with Gasteiger partial charge in [0.1, 0.15) is 6.10 Å². The smallest absolute Gasteiger partial charge is 0.306 e. The molecule has 1 rings (SSSR count). The molecule has 3 unspecified atom stereocenters. The summed E-state index contributed by atoms with van der Waals surface area (Å²) >= 11 is 0. The fraction of sp³-hybridized carbons (Fsp3) is 0.933. The van der Waals surface area contributed by atoms with Crippen LogP contribution >= 0.6 is 0 Å². The lowest BCUT2D eigenvalue weighted by molar-refractivity contribution is -0.151. The second-order valence-electron chi connectivity index (χ2n) is 5.77. The Morgan fingerprint density at radius 2 is 2.17 bits per heavy atom. The van der Waals surface area contributed by atoms with Gasteiger partial charge in [-0.15, -0.1) is 0 Å². The predicted molar refractivity (Wildman–Crippen MR) is 74.2 cm³/mol. The van der Waals surface area contributed by atoms with Gasteiger partial charge in [0.05, 0.1) is 0 Å². The van der Waals surface area contributed by atoms with Crippen LogP contribution in [0.4, 0.5) is 0 Å². The summed E-state index contributed by atoms with van der Waals surface area (Å²) in [7, 11) is 0. The van der Waals surface area contributed by atoms with Gasteiger partial charge in [0.25, 0.3) is 0 Å². The molecule has 2 N–H and O–H groups in total. The average molecular weight is 255 g/mol. The van der Waals surface area contributed by atoms with E-state index in [1.54, 1.807) is 0 Å². The van der Waals surface area contributed by atoms with Crippen molar-refractivity contribution in [3.63, 3.8) is 0 Å². The molecule has 106 valence electrons. The van der Waals surface area contributed by atoms with Crippen molar-refractivity contribution >= 4 is 5.97 Å². The highest BCUT2D eigenvalue weighted by Crippen LogP contribution is 2.28. The Morgan fingerprint density at radius 1 is 1.39 bits per heavy atom. The van der Waals surface area contributed by atoms with Gasteiger partial charge in [-0.2, -0.15) is 0 Å². The van der Waals surface area contributed by atoms with E-state index in [9.17, 15) is 4.79 Å². The number of carbonyl (C=O) groups excluding carboxylic acids is 1. The standard InChI is InChI=1S/C15H29NO2/c1-3-13-5-4-6-14(11-13)18-15(17)8-7-12(2)9-10-16/h12-14H,3-11,16H2,1-2H3. The molecule has 3 atom stereocenters. The van der Waals surface area contributed by atoms with Crippen molar-refractivity contribution in [3.05, 3.63) is 0 Å². The number of esters is 1. The zero-order valence-electron chi connectivity index (χ0n) is 12.0. The molecule has 0 amide bonds. The van der Waals surface area contributed by atoms with Crippen LogP contribution in [0, 0.1) is 11.8 Å². The summed E-state index contributed by atoms with van der Waals surface area (Å²) in [5.74, 6) is 1.27. The summed E-state index contributed by atoms with van der Waals surface area (Å²) in [6.45, 7) is 5.08. The third-order valence-electron chi connectivity index (χ3n) is 4.11. The minimum Gasteiger partial charge on any atom is -0.462 e. The van der Waals surface area contributed by atoms with E-state index in [-0.39, 0.29) is 12.1 Å². The molecule has 3 heteroatoms. The second kappa shape index (κ2) is 8.52. The van der Waals surface area contributed by atoms with Gasteiger partial charge in [0, 0.05) is 6.42 Å². The predicted octanol–water partition coefficient (Wildman–Crippen LogP) is 3.26. The summed E-state index contributed by atoms with van der Waals surface area (Å²) in [5, 5.41) is 0.